The van der Waals surface area contributed by atoms with Gasteiger partial charge >= 0.3 is 0 Å². The molecule has 1 aromatic carbocycles. The molecule has 0 unspecified atom stereocenters. The lowest BCUT2D eigenvalue weighted by atomic mass is 9.89. The first-order valence-electron chi connectivity index (χ1n) is 8.42. The lowest BCUT2D eigenvalue weighted by molar-refractivity contribution is 0.00716. The Bertz CT molecular complexity index is 540. The van der Waals surface area contributed by atoms with Crippen LogP contribution in [0.15, 0.2) is 18.2 Å². The molecule has 0 bridgehead atoms. The average molecular weight is 342 g/mol. The summed E-state index contributed by atoms with van der Waals surface area (Å²) in [7, 11) is 0. The highest BCUT2D eigenvalue weighted by atomic mass is 19.2. The van der Waals surface area contributed by atoms with Gasteiger partial charge in [-0.25, -0.2) is 8.78 Å². The summed E-state index contributed by atoms with van der Waals surface area (Å²) in [5.74, 6) is -1.84. The number of benzene rings is 1. The number of piperazine rings is 1. The average Bonchev–Trinajstić information content (AvgIpc) is 2.51. The molecule has 0 amide bonds. The fraction of sp³-hybridized carbons (Fsp3) is 0.667. The van der Waals surface area contributed by atoms with Crippen LogP contribution in [-0.4, -0.2) is 65.4 Å². The number of rotatable bonds is 5. The Morgan fingerprint density at radius 3 is 2.00 bits per heavy atom. The Hall–Kier alpha value is -1.08. The Morgan fingerprint density at radius 1 is 0.958 bits per heavy atom. The third-order valence-corrected chi connectivity index (χ3v) is 4.66. The fourth-order valence-electron chi connectivity index (χ4n) is 2.74. The Labute approximate surface area is 142 Å². The summed E-state index contributed by atoms with van der Waals surface area (Å²) >= 11 is 0. The van der Waals surface area contributed by atoms with Crippen LogP contribution >= 0.6 is 0 Å². The van der Waals surface area contributed by atoms with Gasteiger partial charge in [0.1, 0.15) is 0 Å². The molecule has 0 aliphatic carbocycles. The molecule has 1 heterocycles. The minimum atomic E-state index is -0.937. The van der Waals surface area contributed by atoms with E-state index in [0.29, 0.717) is 18.7 Å². The topological polar surface area (TPSA) is 46.9 Å². The molecule has 1 aliphatic heterocycles. The molecule has 1 fully saturated rings. The van der Waals surface area contributed by atoms with Crippen LogP contribution in [0.2, 0.25) is 0 Å². The zero-order valence-electron chi connectivity index (χ0n) is 14.7. The predicted molar refractivity (Wildman–Crippen MR) is 89.7 cm³/mol. The summed E-state index contributed by atoms with van der Waals surface area (Å²) < 4.78 is 26.2. The second kappa shape index (κ2) is 7.87. The highest BCUT2D eigenvalue weighted by Gasteiger charge is 2.27. The van der Waals surface area contributed by atoms with Crippen molar-refractivity contribution in [3.8, 4) is 0 Å². The van der Waals surface area contributed by atoms with E-state index in [9.17, 15) is 19.0 Å². The van der Waals surface area contributed by atoms with Gasteiger partial charge in [-0.05, 0) is 23.1 Å². The van der Waals surface area contributed by atoms with Crippen LogP contribution in [0.3, 0.4) is 0 Å². The van der Waals surface area contributed by atoms with Gasteiger partial charge in [-0.3, -0.25) is 9.80 Å². The second-order valence-electron chi connectivity index (χ2n) is 7.67. The smallest absolute Gasteiger partial charge is 0.159 e. The van der Waals surface area contributed by atoms with Crippen molar-refractivity contribution in [1.29, 1.82) is 0 Å². The summed E-state index contributed by atoms with van der Waals surface area (Å²) in [5.41, 5.74) is 0.250. The van der Waals surface area contributed by atoms with E-state index in [1.807, 2.05) is 20.8 Å². The molecule has 1 saturated heterocycles. The molecule has 0 saturated carbocycles. The summed E-state index contributed by atoms with van der Waals surface area (Å²) in [5, 5.41) is 20.4. The van der Waals surface area contributed by atoms with Gasteiger partial charge < -0.3 is 10.2 Å². The zero-order chi connectivity index (χ0) is 17.9. The van der Waals surface area contributed by atoms with Crippen LogP contribution in [0.4, 0.5) is 8.78 Å². The van der Waals surface area contributed by atoms with Crippen molar-refractivity contribution in [3.05, 3.63) is 35.4 Å². The van der Waals surface area contributed by atoms with E-state index < -0.39 is 17.7 Å². The van der Waals surface area contributed by atoms with Crippen LogP contribution in [0.25, 0.3) is 0 Å². The van der Waals surface area contributed by atoms with E-state index in [-0.39, 0.29) is 11.5 Å². The molecule has 2 N–H and O–H groups in total. The number of nitrogens with zero attached hydrogens (tertiary/aromatic N) is 2. The van der Waals surface area contributed by atoms with Gasteiger partial charge in [0.05, 0.1) is 12.2 Å². The molecule has 136 valence electrons. The maximum absolute atomic E-state index is 13.3. The molecule has 4 nitrogen and oxygen atoms in total. The standard InChI is InChI=1S/C18H28F2N2O2/c1-18(2,3)17(24)12-22-8-6-21(7-9-22)11-16(23)13-4-5-14(19)15(20)10-13/h4-5,10,16-17,23-24H,6-9,11-12H2,1-3H3/t16-,17-/m0/s1. The quantitative estimate of drug-likeness (QED) is 0.860. The summed E-state index contributed by atoms with van der Waals surface area (Å²) in [6.45, 7) is 10.3. The first-order chi connectivity index (χ1) is 11.2. The highest BCUT2D eigenvalue weighted by molar-refractivity contribution is 5.20. The first-order valence-corrected chi connectivity index (χ1v) is 8.42. The minimum absolute atomic E-state index is 0.139. The minimum Gasteiger partial charge on any atom is -0.391 e. The SMILES string of the molecule is CC(C)(C)[C@@H](O)CN1CCN(C[C@H](O)c2ccc(F)c(F)c2)CC1. The third-order valence-electron chi connectivity index (χ3n) is 4.66. The van der Waals surface area contributed by atoms with Gasteiger partial charge in [-0.1, -0.05) is 26.8 Å². The number of hydrogen-bond donors (Lipinski definition) is 2. The molecule has 1 aliphatic rings. The van der Waals surface area contributed by atoms with Gasteiger partial charge in [0.25, 0.3) is 0 Å². The van der Waals surface area contributed by atoms with Crippen LogP contribution < -0.4 is 0 Å². The molecular formula is C18H28F2N2O2. The molecular weight excluding hydrogens is 314 g/mol. The van der Waals surface area contributed by atoms with E-state index in [1.54, 1.807) is 0 Å². The second-order valence-corrected chi connectivity index (χ2v) is 7.67. The Kier molecular flexibility index (Phi) is 6.31. The van der Waals surface area contributed by atoms with Crippen LogP contribution in [0.1, 0.15) is 32.4 Å². The molecule has 1 aromatic rings. The van der Waals surface area contributed by atoms with Crippen molar-refractivity contribution < 1.29 is 19.0 Å². The fourth-order valence-corrected chi connectivity index (χ4v) is 2.74. The van der Waals surface area contributed by atoms with Gasteiger partial charge in [0, 0.05) is 39.3 Å². The molecule has 0 radical (unpaired) electrons. The van der Waals surface area contributed by atoms with Gasteiger partial charge in [-0.2, -0.15) is 0 Å². The van der Waals surface area contributed by atoms with Crippen molar-refractivity contribution in [3.63, 3.8) is 0 Å². The van der Waals surface area contributed by atoms with Crippen LogP contribution in [-0.2, 0) is 0 Å². The molecule has 0 aromatic heterocycles. The largest absolute Gasteiger partial charge is 0.391 e. The lowest BCUT2D eigenvalue weighted by Crippen LogP contribution is -2.50. The highest BCUT2D eigenvalue weighted by Crippen LogP contribution is 2.21. The van der Waals surface area contributed by atoms with Crippen molar-refractivity contribution in [2.45, 2.75) is 33.0 Å². The van der Waals surface area contributed by atoms with Gasteiger partial charge in [0.15, 0.2) is 11.6 Å². The number of halogens is 2. The van der Waals surface area contributed by atoms with E-state index >= 15 is 0 Å². The van der Waals surface area contributed by atoms with Crippen molar-refractivity contribution in [1.82, 2.24) is 9.80 Å². The zero-order valence-corrected chi connectivity index (χ0v) is 14.7. The summed E-state index contributed by atoms with van der Waals surface area (Å²) in [6, 6.07) is 3.51. The van der Waals surface area contributed by atoms with Crippen molar-refractivity contribution in [2.75, 3.05) is 39.3 Å². The number of β-amino-alcohol motifs (C(OH)–C–C–N with tert-alkyl or cyclic N) is 2. The number of hydrogen-bond acceptors (Lipinski definition) is 4. The predicted octanol–water partition coefficient (Wildman–Crippen LogP) is 2.02. The third kappa shape index (κ3) is 5.21. The first kappa shape index (κ1) is 19.2. The normalized spacial score (nSPS) is 20.1. The summed E-state index contributed by atoms with van der Waals surface area (Å²) in [4.78, 5) is 4.32. The molecule has 2 atom stereocenters. The Balaban J connectivity index is 1.81. The number of aliphatic hydroxyl groups is 2. The molecule has 0 spiro atoms. The number of aliphatic hydroxyl groups excluding tert-OH is 2. The monoisotopic (exact) mass is 342 g/mol. The van der Waals surface area contributed by atoms with E-state index in [1.165, 1.54) is 6.07 Å². The maximum Gasteiger partial charge on any atom is 0.159 e. The Morgan fingerprint density at radius 2 is 1.50 bits per heavy atom. The van der Waals surface area contributed by atoms with Gasteiger partial charge in [-0.15, -0.1) is 0 Å². The van der Waals surface area contributed by atoms with Crippen molar-refractivity contribution >= 4 is 0 Å². The molecule has 24 heavy (non-hydrogen) atoms. The summed E-state index contributed by atoms with van der Waals surface area (Å²) in [6.07, 6.45) is -1.22. The van der Waals surface area contributed by atoms with E-state index in [4.69, 9.17) is 0 Å². The maximum atomic E-state index is 13.3. The van der Waals surface area contributed by atoms with Crippen LogP contribution in [0, 0.1) is 17.0 Å². The molecule has 6 heteroatoms. The van der Waals surface area contributed by atoms with E-state index in [0.717, 1.165) is 38.3 Å². The van der Waals surface area contributed by atoms with Crippen molar-refractivity contribution in [2.24, 2.45) is 5.41 Å². The van der Waals surface area contributed by atoms with E-state index in [2.05, 4.69) is 9.80 Å². The van der Waals surface area contributed by atoms with Crippen LogP contribution in [0.5, 0.6) is 0 Å². The lowest BCUT2D eigenvalue weighted by Gasteiger charge is -2.38. The molecule has 2 rings (SSSR count). The van der Waals surface area contributed by atoms with Gasteiger partial charge in [0.2, 0.25) is 0 Å².